The van der Waals surface area contributed by atoms with E-state index in [1.165, 1.54) is 0 Å². The third-order valence-corrected chi connectivity index (χ3v) is 3.18. The van der Waals surface area contributed by atoms with Gasteiger partial charge in [-0.15, -0.1) is 0 Å². The summed E-state index contributed by atoms with van der Waals surface area (Å²) in [4.78, 5) is 24.3. The molecule has 15 heavy (non-hydrogen) atoms. The number of rotatable bonds is 1. The van der Waals surface area contributed by atoms with E-state index >= 15 is 0 Å². The van der Waals surface area contributed by atoms with Gasteiger partial charge in [-0.1, -0.05) is 0 Å². The van der Waals surface area contributed by atoms with Crippen molar-refractivity contribution in [2.75, 3.05) is 13.1 Å². The van der Waals surface area contributed by atoms with Gasteiger partial charge in [-0.3, -0.25) is 4.79 Å². The van der Waals surface area contributed by atoms with Crippen LogP contribution in [0.4, 0.5) is 4.79 Å². The molecule has 2 aliphatic rings. The quantitative estimate of drug-likeness (QED) is 0.661. The summed E-state index contributed by atoms with van der Waals surface area (Å²) in [5.41, 5.74) is 0.104. The second-order valence-electron chi connectivity index (χ2n) is 5.00. The van der Waals surface area contributed by atoms with Gasteiger partial charge in [-0.05, 0) is 20.3 Å². The highest BCUT2D eigenvalue weighted by Crippen LogP contribution is 2.45. The van der Waals surface area contributed by atoms with E-state index in [1.54, 1.807) is 4.90 Å². The molecule has 0 aromatic rings. The van der Waals surface area contributed by atoms with Gasteiger partial charge >= 0.3 is 6.09 Å². The summed E-state index contributed by atoms with van der Waals surface area (Å²) in [7, 11) is 0. The molecule has 1 saturated heterocycles. The van der Waals surface area contributed by atoms with E-state index in [4.69, 9.17) is 4.74 Å². The zero-order valence-electron chi connectivity index (χ0n) is 9.28. The molecule has 2 fully saturated rings. The third-order valence-electron chi connectivity index (χ3n) is 3.18. The van der Waals surface area contributed by atoms with Crippen molar-refractivity contribution >= 4 is 11.9 Å². The molecule has 0 N–H and O–H groups in total. The van der Waals surface area contributed by atoms with Gasteiger partial charge in [0.15, 0.2) is 0 Å². The monoisotopic (exact) mass is 211 g/mol. The number of carbonyl (C=O) groups is 2. The van der Waals surface area contributed by atoms with E-state index in [1.807, 2.05) is 13.8 Å². The smallest absolute Gasteiger partial charge is 0.410 e. The molecule has 0 aromatic heterocycles. The first-order valence-electron chi connectivity index (χ1n) is 5.48. The second kappa shape index (κ2) is 3.51. The van der Waals surface area contributed by atoms with Crippen LogP contribution in [0, 0.1) is 5.41 Å². The summed E-state index contributed by atoms with van der Waals surface area (Å²) in [6.07, 6.45) is 1.95. The molecule has 1 heterocycles. The molecule has 1 spiro atoms. The predicted molar refractivity (Wildman–Crippen MR) is 54.5 cm³/mol. The van der Waals surface area contributed by atoms with E-state index in [2.05, 4.69) is 0 Å². The maximum absolute atomic E-state index is 11.6. The maximum Gasteiger partial charge on any atom is 0.410 e. The molecular formula is C11H17NO3. The van der Waals surface area contributed by atoms with E-state index in [-0.39, 0.29) is 17.6 Å². The number of ketones is 1. The van der Waals surface area contributed by atoms with E-state index in [0.29, 0.717) is 25.2 Å². The molecule has 0 atom stereocenters. The molecule has 1 amide bonds. The first-order valence-corrected chi connectivity index (χ1v) is 5.48. The Hall–Kier alpha value is -1.06. The van der Waals surface area contributed by atoms with Gasteiger partial charge in [0.1, 0.15) is 5.78 Å². The molecule has 0 unspecified atom stereocenters. The number of carbonyl (C=O) groups excluding carboxylic acids is 2. The second-order valence-corrected chi connectivity index (χ2v) is 5.00. The summed E-state index contributed by atoms with van der Waals surface area (Å²) in [5.74, 6) is 0.328. The Kier molecular flexibility index (Phi) is 2.44. The molecular weight excluding hydrogens is 194 g/mol. The van der Waals surface area contributed by atoms with Crippen LogP contribution in [0.2, 0.25) is 0 Å². The number of Topliss-reactive ketones (excluding diaryl/α,β-unsaturated/α-hetero) is 1. The van der Waals surface area contributed by atoms with Gasteiger partial charge in [0, 0.05) is 31.3 Å². The molecule has 1 saturated carbocycles. The summed E-state index contributed by atoms with van der Waals surface area (Å²) < 4.78 is 5.12. The van der Waals surface area contributed by atoms with Crippen molar-refractivity contribution in [3.8, 4) is 0 Å². The largest absolute Gasteiger partial charge is 0.447 e. The van der Waals surface area contributed by atoms with Crippen molar-refractivity contribution in [2.45, 2.75) is 39.2 Å². The van der Waals surface area contributed by atoms with Crippen LogP contribution in [-0.2, 0) is 9.53 Å². The molecule has 2 rings (SSSR count). The highest BCUT2D eigenvalue weighted by atomic mass is 16.6. The Bertz CT molecular complexity index is 290. The van der Waals surface area contributed by atoms with Crippen molar-refractivity contribution in [1.82, 2.24) is 4.90 Å². The molecule has 0 radical (unpaired) electrons. The Morgan fingerprint density at radius 2 is 2.13 bits per heavy atom. The number of likely N-dealkylation sites (tertiary alicyclic amines) is 1. The molecule has 1 aliphatic heterocycles. The lowest BCUT2D eigenvalue weighted by molar-refractivity contribution is -0.131. The van der Waals surface area contributed by atoms with Crippen LogP contribution in [0.5, 0.6) is 0 Å². The fraction of sp³-hybridized carbons (Fsp3) is 0.818. The fourth-order valence-corrected chi connectivity index (χ4v) is 2.44. The van der Waals surface area contributed by atoms with Crippen LogP contribution in [0.25, 0.3) is 0 Å². The first kappa shape index (κ1) is 10.5. The molecule has 4 nitrogen and oxygen atoms in total. The van der Waals surface area contributed by atoms with Gasteiger partial charge in [-0.25, -0.2) is 4.79 Å². The van der Waals surface area contributed by atoms with E-state index in [0.717, 1.165) is 13.0 Å². The van der Waals surface area contributed by atoms with Gasteiger partial charge in [-0.2, -0.15) is 0 Å². The average Bonchev–Trinajstić information content (AvgIpc) is 2.47. The van der Waals surface area contributed by atoms with E-state index in [9.17, 15) is 9.59 Å². The van der Waals surface area contributed by atoms with Crippen LogP contribution in [0.1, 0.15) is 33.1 Å². The zero-order chi connectivity index (χ0) is 11.1. The summed E-state index contributed by atoms with van der Waals surface area (Å²) in [6, 6.07) is 0. The number of ether oxygens (including phenoxy) is 1. The summed E-state index contributed by atoms with van der Waals surface area (Å²) in [5, 5.41) is 0. The lowest BCUT2D eigenvalue weighted by Crippen LogP contribution is -2.41. The average molecular weight is 211 g/mol. The Labute approximate surface area is 89.6 Å². The van der Waals surface area contributed by atoms with Gasteiger partial charge in [0.2, 0.25) is 0 Å². The van der Waals surface area contributed by atoms with Crippen LogP contribution in [0.3, 0.4) is 0 Å². The molecule has 84 valence electrons. The summed E-state index contributed by atoms with van der Waals surface area (Å²) >= 11 is 0. The predicted octanol–water partition coefficient (Wildman–Crippen LogP) is 1.59. The Morgan fingerprint density at radius 3 is 2.67 bits per heavy atom. The normalized spacial score (nSPS) is 23.4. The zero-order valence-corrected chi connectivity index (χ0v) is 9.28. The Balaban J connectivity index is 1.87. The summed E-state index contributed by atoms with van der Waals surface area (Å²) in [6.45, 7) is 5.12. The number of amides is 1. The first-order chi connectivity index (χ1) is 7.01. The third kappa shape index (κ3) is 1.98. The highest BCUT2D eigenvalue weighted by molar-refractivity contribution is 5.86. The molecule has 1 aliphatic carbocycles. The van der Waals surface area contributed by atoms with Crippen molar-refractivity contribution in [3.63, 3.8) is 0 Å². The highest BCUT2D eigenvalue weighted by Gasteiger charge is 2.49. The molecule has 0 aromatic carbocycles. The Morgan fingerprint density at radius 1 is 1.47 bits per heavy atom. The maximum atomic E-state index is 11.6. The molecule has 4 heteroatoms. The van der Waals surface area contributed by atoms with Crippen molar-refractivity contribution in [2.24, 2.45) is 5.41 Å². The minimum atomic E-state index is -0.235. The number of hydrogen-bond donors (Lipinski definition) is 0. The van der Waals surface area contributed by atoms with Crippen molar-refractivity contribution in [3.05, 3.63) is 0 Å². The number of nitrogens with zero attached hydrogens (tertiary/aromatic N) is 1. The standard InChI is InChI=1S/C11H17NO3/c1-8(2)15-10(14)12-4-3-11(7-12)5-9(13)6-11/h8H,3-7H2,1-2H3. The van der Waals surface area contributed by atoms with Crippen molar-refractivity contribution < 1.29 is 14.3 Å². The minimum absolute atomic E-state index is 0.0722. The SMILES string of the molecule is CC(C)OC(=O)N1CCC2(CC(=O)C2)C1. The topological polar surface area (TPSA) is 46.6 Å². The molecule has 0 bridgehead atoms. The van der Waals surface area contributed by atoms with Gasteiger partial charge in [0.25, 0.3) is 0 Å². The van der Waals surface area contributed by atoms with Crippen molar-refractivity contribution in [1.29, 1.82) is 0 Å². The van der Waals surface area contributed by atoms with Crippen LogP contribution in [-0.4, -0.2) is 36.0 Å². The van der Waals surface area contributed by atoms with Gasteiger partial charge < -0.3 is 9.64 Å². The minimum Gasteiger partial charge on any atom is -0.447 e. The lowest BCUT2D eigenvalue weighted by atomic mass is 9.67. The lowest BCUT2D eigenvalue weighted by Gasteiger charge is -2.36. The van der Waals surface area contributed by atoms with Crippen LogP contribution in [0.15, 0.2) is 0 Å². The van der Waals surface area contributed by atoms with Crippen LogP contribution >= 0.6 is 0 Å². The fourth-order valence-electron chi connectivity index (χ4n) is 2.44. The van der Waals surface area contributed by atoms with E-state index < -0.39 is 0 Å². The number of hydrogen-bond acceptors (Lipinski definition) is 3. The van der Waals surface area contributed by atoms with Crippen LogP contribution < -0.4 is 0 Å². The van der Waals surface area contributed by atoms with Gasteiger partial charge in [0.05, 0.1) is 6.10 Å².